The first kappa shape index (κ1) is 16.2. The van der Waals surface area contributed by atoms with E-state index in [4.69, 9.17) is 0 Å². The molecule has 0 saturated carbocycles. The van der Waals surface area contributed by atoms with E-state index in [0.717, 1.165) is 18.2 Å². The molecule has 0 spiro atoms. The first-order valence-electron chi connectivity index (χ1n) is 7.92. The summed E-state index contributed by atoms with van der Waals surface area (Å²) in [6, 6.07) is 2.25. The zero-order chi connectivity index (χ0) is 16.4. The molecular weight excluding hydrogens is 316 g/mol. The van der Waals surface area contributed by atoms with Gasteiger partial charge in [-0.2, -0.15) is 9.40 Å². The van der Waals surface area contributed by atoms with E-state index in [9.17, 15) is 13.2 Å². The standard InChI is InChI=1S/C15H22N4O3S/c1-2-23(21,22)18-11-4-13(12-18)15(20)17-9-5-14(6-10-17)19-8-3-7-16-19/h2-3,7-8,13-14H,1,4-6,9-12H2. The van der Waals surface area contributed by atoms with Gasteiger partial charge < -0.3 is 4.90 Å². The molecule has 0 aliphatic carbocycles. The third kappa shape index (κ3) is 3.32. The molecule has 1 amide bonds. The molecule has 7 nitrogen and oxygen atoms in total. The van der Waals surface area contributed by atoms with Gasteiger partial charge in [-0.05, 0) is 25.3 Å². The number of aromatic nitrogens is 2. The van der Waals surface area contributed by atoms with Gasteiger partial charge in [-0.25, -0.2) is 8.42 Å². The summed E-state index contributed by atoms with van der Waals surface area (Å²) in [5.41, 5.74) is 0. The van der Waals surface area contributed by atoms with Gasteiger partial charge in [-0.1, -0.05) is 6.58 Å². The molecule has 3 rings (SSSR count). The van der Waals surface area contributed by atoms with Crippen LogP contribution in [0.15, 0.2) is 30.4 Å². The quantitative estimate of drug-likeness (QED) is 0.815. The van der Waals surface area contributed by atoms with Crippen molar-refractivity contribution in [3.8, 4) is 0 Å². The monoisotopic (exact) mass is 338 g/mol. The van der Waals surface area contributed by atoms with Crippen molar-refractivity contribution in [1.82, 2.24) is 19.0 Å². The molecule has 2 aliphatic heterocycles. The van der Waals surface area contributed by atoms with Crippen molar-refractivity contribution < 1.29 is 13.2 Å². The number of nitrogens with zero attached hydrogens (tertiary/aromatic N) is 4. The SMILES string of the molecule is C=CS(=O)(=O)N1CCC(C(=O)N2CCC(n3cccn3)CC2)C1. The Morgan fingerprint density at radius 3 is 2.57 bits per heavy atom. The van der Waals surface area contributed by atoms with Crippen LogP contribution in [-0.4, -0.2) is 59.5 Å². The number of likely N-dealkylation sites (tertiary alicyclic amines) is 1. The fourth-order valence-electron chi connectivity index (χ4n) is 3.37. The highest BCUT2D eigenvalue weighted by atomic mass is 32.2. The molecule has 1 aromatic heterocycles. The predicted molar refractivity (Wildman–Crippen MR) is 85.9 cm³/mol. The number of hydrogen-bond donors (Lipinski definition) is 0. The van der Waals surface area contributed by atoms with Crippen LogP contribution in [0.5, 0.6) is 0 Å². The Morgan fingerprint density at radius 2 is 1.96 bits per heavy atom. The molecule has 2 aliphatic rings. The summed E-state index contributed by atoms with van der Waals surface area (Å²) in [5, 5.41) is 5.22. The molecule has 126 valence electrons. The van der Waals surface area contributed by atoms with Crippen LogP contribution in [0.4, 0.5) is 0 Å². The Labute approximate surface area is 136 Å². The number of piperidine rings is 1. The summed E-state index contributed by atoms with van der Waals surface area (Å²) in [5.74, 6) is -0.156. The molecular formula is C15H22N4O3S. The average molecular weight is 338 g/mol. The second kappa shape index (κ2) is 6.45. The zero-order valence-corrected chi connectivity index (χ0v) is 13.9. The van der Waals surface area contributed by atoms with E-state index in [1.165, 1.54) is 4.31 Å². The van der Waals surface area contributed by atoms with Crippen LogP contribution in [0.25, 0.3) is 0 Å². The van der Waals surface area contributed by atoms with E-state index in [0.29, 0.717) is 32.1 Å². The van der Waals surface area contributed by atoms with Gasteiger partial charge in [0.2, 0.25) is 15.9 Å². The van der Waals surface area contributed by atoms with Gasteiger partial charge in [0.15, 0.2) is 0 Å². The van der Waals surface area contributed by atoms with Crippen molar-refractivity contribution >= 4 is 15.9 Å². The van der Waals surface area contributed by atoms with Crippen molar-refractivity contribution in [3.05, 3.63) is 30.4 Å². The van der Waals surface area contributed by atoms with Crippen molar-refractivity contribution in [3.63, 3.8) is 0 Å². The van der Waals surface area contributed by atoms with Gasteiger partial charge >= 0.3 is 0 Å². The number of amides is 1. The summed E-state index contributed by atoms with van der Waals surface area (Å²) in [6.07, 6.45) is 6.08. The molecule has 0 N–H and O–H groups in total. The predicted octanol–water partition coefficient (Wildman–Crippen LogP) is 0.842. The van der Waals surface area contributed by atoms with E-state index < -0.39 is 10.0 Å². The van der Waals surface area contributed by atoms with Crippen molar-refractivity contribution in [2.75, 3.05) is 26.2 Å². The van der Waals surface area contributed by atoms with E-state index in [1.54, 1.807) is 6.20 Å². The molecule has 0 bridgehead atoms. The van der Waals surface area contributed by atoms with Crippen LogP contribution < -0.4 is 0 Å². The first-order valence-corrected chi connectivity index (χ1v) is 9.42. The number of carbonyl (C=O) groups is 1. The number of hydrogen-bond acceptors (Lipinski definition) is 4. The minimum absolute atomic E-state index is 0.0747. The Bertz CT molecular complexity index is 663. The fraction of sp³-hybridized carbons (Fsp3) is 0.600. The maximum atomic E-state index is 12.6. The second-order valence-electron chi connectivity index (χ2n) is 6.10. The van der Waals surface area contributed by atoms with Crippen LogP contribution in [0.1, 0.15) is 25.3 Å². The lowest BCUT2D eigenvalue weighted by molar-refractivity contribution is -0.136. The van der Waals surface area contributed by atoms with Crippen molar-refractivity contribution in [2.45, 2.75) is 25.3 Å². The Hall–Kier alpha value is -1.67. The van der Waals surface area contributed by atoms with Gasteiger partial charge in [0, 0.05) is 44.0 Å². The molecule has 2 fully saturated rings. The molecule has 1 aromatic rings. The summed E-state index contributed by atoms with van der Waals surface area (Å²) in [6.45, 7) is 5.41. The molecule has 0 radical (unpaired) electrons. The van der Waals surface area contributed by atoms with Gasteiger partial charge in [0.05, 0.1) is 12.0 Å². The van der Waals surface area contributed by atoms with E-state index in [2.05, 4.69) is 11.7 Å². The van der Waals surface area contributed by atoms with Crippen LogP contribution in [-0.2, 0) is 14.8 Å². The van der Waals surface area contributed by atoms with E-state index >= 15 is 0 Å². The molecule has 3 heterocycles. The Balaban J connectivity index is 1.55. The van der Waals surface area contributed by atoms with Gasteiger partial charge in [-0.15, -0.1) is 0 Å². The highest BCUT2D eigenvalue weighted by molar-refractivity contribution is 7.92. The molecule has 0 aromatic carbocycles. The molecule has 8 heteroatoms. The largest absolute Gasteiger partial charge is 0.342 e. The highest BCUT2D eigenvalue weighted by Crippen LogP contribution is 2.26. The summed E-state index contributed by atoms with van der Waals surface area (Å²) in [4.78, 5) is 14.5. The third-order valence-corrected chi connectivity index (χ3v) is 6.22. The van der Waals surface area contributed by atoms with Gasteiger partial charge in [0.1, 0.15) is 0 Å². The second-order valence-corrected chi connectivity index (χ2v) is 7.98. The van der Waals surface area contributed by atoms with Gasteiger partial charge in [0.25, 0.3) is 0 Å². The lowest BCUT2D eigenvalue weighted by Gasteiger charge is -2.33. The maximum absolute atomic E-state index is 12.6. The molecule has 1 unspecified atom stereocenters. The molecule has 23 heavy (non-hydrogen) atoms. The Morgan fingerprint density at radius 1 is 1.22 bits per heavy atom. The first-order chi connectivity index (χ1) is 11.0. The third-order valence-electron chi connectivity index (χ3n) is 4.75. The Kier molecular flexibility index (Phi) is 4.54. The lowest BCUT2D eigenvalue weighted by atomic mass is 10.0. The van der Waals surface area contributed by atoms with E-state index in [1.807, 2.05) is 21.8 Å². The minimum atomic E-state index is -3.42. The normalized spacial score (nSPS) is 24.0. The average Bonchev–Trinajstić information content (AvgIpc) is 3.26. The van der Waals surface area contributed by atoms with E-state index in [-0.39, 0.29) is 18.4 Å². The smallest absolute Gasteiger partial charge is 0.235 e. The topological polar surface area (TPSA) is 75.5 Å². The number of sulfonamides is 1. The summed E-state index contributed by atoms with van der Waals surface area (Å²) >= 11 is 0. The van der Waals surface area contributed by atoms with Crippen LogP contribution in [0.3, 0.4) is 0 Å². The van der Waals surface area contributed by atoms with Crippen LogP contribution >= 0.6 is 0 Å². The molecule has 2 saturated heterocycles. The van der Waals surface area contributed by atoms with Crippen molar-refractivity contribution in [2.24, 2.45) is 5.92 Å². The minimum Gasteiger partial charge on any atom is -0.342 e. The summed E-state index contributed by atoms with van der Waals surface area (Å²) < 4.78 is 26.9. The lowest BCUT2D eigenvalue weighted by Crippen LogP contribution is -2.43. The molecule has 1 atom stereocenters. The van der Waals surface area contributed by atoms with Crippen molar-refractivity contribution in [1.29, 1.82) is 0 Å². The zero-order valence-electron chi connectivity index (χ0n) is 13.0. The maximum Gasteiger partial charge on any atom is 0.235 e. The van der Waals surface area contributed by atoms with Gasteiger partial charge in [-0.3, -0.25) is 9.48 Å². The fourth-order valence-corrected chi connectivity index (χ4v) is 4.33. The van der Waals surface area contributed by atoms with Crippen LogP contribution in [0.2, 0.25) is 0 Å². The number of carbonyl (C=O) groups excluding carboxylic acids is 1. The highest BCUT2D eigenvalue weighted by Gasteiger charge is 2.36. The number of rotatable bonds is 4. The van der Waals surface area contributed by atoms with Crippen LogP contribution in [0, 0.1) is 5.92 Å². The summed E-state index contributed by atoms with van der Waals surface area (Å²) in [7, 11) is -3.42.